The monoisotopic (exact) mass is 429 g/mol. The summed E-state index contributed by atoms with van der Waals surface area (Å²) in [7, 11) is 0. The van der Waals surface area contributed by atoms with Crippen LogP contribution in [0, 0.1) is 0 Å². The van der Waals surface area contributed by atoms with E-state index in [-0.39, 0.29) is 0 Å². The molecule has 1 heterocycles. The number of thioether (sulfide) groups is 1. The number of carbonyl (C=O) groups is 2. The fraction of sp³-hybridized carbons (Fsp3) is 0.200. The zero-order chi connectivity index (χ0) is 20.8. The van der Waals surface area contributed by atoms with E-state index in [9.17, 15) is 9.59 Å². The van der Waals surface area contributed by atoms with Crippen LogP contribution in [0.15, 0.2) is 59.8 Å². The van der Waals surface area contributed by atoms with E-state index < -0.39 is 17.2 Å². The van der Waals surface area contributed by atoms with Crippen molar-refractivity contribution in [3.8, 4) is 17.1 Å². The van der Waals surface area contributed by atoms with Crippen molar-refractivity contribution in [2.75, 3.05) is 6.54 Å². The minimum Gasteiger partial charge on any atom is -0.338 e. The van der Waals surface area contributed by atoms with Crippen LogP contribution >= 0.6 is 23.4 Å². The number of para-hydroxylation sites is 1. The van der Waals surface area contributed by atoms with Gasteiger partial charge in [-0.1, -0.05) is 41.6 Å². The molecule has 1 aromatic heterocycles. The first-order valence-electron chi connectivity index (χ1n) is 9.01. The third kappa shape index (κ3) is 5.16. The SMILES string of the molecule is CCNC(=O)NC(=O)C(C)Sc1nnc(-c2ccc(Cl)cc2)n1-c1ccccc1. The minimum atomic E-state index is -0.553. The van der Waals surface area contributed by atoms with Crippen LogP contribution in [0.1, 0.15) is 13.8 Å². The Morgan fingerprint density at radius 2 is 1.79 bits per heavy atom. The van der Waals surface area contributed by atoms with E-state index in [1.54, 1.807) is 26.0 Å². The van der Waals surface area contributed by atoms with Gasteiger partial charge < -0.3 is 5.32 Å². The number of urea groups is 1. The van der Waals surface area contributed by atoms with Crippen molar-refractivity contribution in [3.63, 3.8) is 0 Å². The summed E-state index contributed by atoms with van der Waals surface area (Å²) in [5.74, 6) is 0.225. The second kappa shape index (κ2) is 9.58. The van der Waals surface area contributed by atoms with Crippen molar-refractivity contribution in [3.05, 3.63) is 59.6 Å². The molecular weight excluding hydrogens is 410 g/mol. The minimum absolute atomic E-state index is 0.406. The van der Waals surface area contributed by atoms with E-state index in [1.807, 2.05) is 47.0 Å². The highest BCUT2D eigenvalue weighted by Crippen LogP contribution is 2.30. The molecule has 9 heteroatoms. The van der Waals surface area contributed by atoms with E-state index in [0.29, 0.717) is 22.5 Å². The largest absolute Gasteiger partial charge is 0.338 e. The van der Waals surface area contributed by atoms with Gasteiger partial charge >= 0.3 is 6.03 Å². The number of imide groups is 1. The lowest BCUT2D eigenvalue weighted by molar-refractivity contribution is -0.119. The van der Waals surface area contributed by atoms with Crippen molar-refractivity contribution >= 4 is 35.3 Å². The van der Waals surface area contributed by atoms with Crippen LogP contribution in [0.2, 0.25) is 5.02 Å². The first-order valence-corrected chi connectivity index (χ1v) is 10.3. The Morgan fingerprint density at radius 3 is 2.45 bits per heavy atom. The van der Waals surface area contributed by atoms with E-state index in [1.165, 1.54) is 11.8 Å². The van der Waals surface area contributed by atoms with Gasteiger partial charge in [0.1, 0.15) is 0 Å². The molecule has 0 spiro atoms. The van der Waals surface area contributed by atoms with Gasteiger partial charge in [0.2, 0.25) is 5.91 Å². The summed E-state index contributed by atoms with van der Waals surface area (Å²) >= 11 is 7.23. The van der Waals surface area contributed by atoms with Crippen LogP contribution in [-0.2, 0) is 4.79 Å². The molecule has 0 aliphatic heterocycles. The lowest BCUT2D eigenvalue weighted by Gasteiger charge is -2.13. The van der Waals surface area contributed by atoms with Gasteiger partial charge in [-0.3, -0.25) is 14.7 Å². The van der Waals surface area contributed by atoms with Gasteiger partial charge in [-0.25, -0.2) is 4.79 Å². The van der Waals surface area contributed by atoms with Gasteiger partial charge in [0, 0.05) is 22.8 Å². The Kier molecular flexibility index (Phi) is 6.90. The Bertz CT molecular complexity index is 992. The quantitative estimate of drug-likeness (QED) is 0.580. The van der Waals surface area contributed by atoms with Crippen molar-refractivity contribution < 1.29 is 9.59 Å². The second-order valence-electron chi connectivity index (χ2n) is 6.09. The number of hydrogen-bond donors (Lipinski definition) is 2. The van der Waals surface area contributed by atoms with Gasteiger partial charge in [-0.15, -0.1) is 10.2 Å². The van der Waals surface area contributed by atoms with Crippen LogP contribution in [0.5, 0.6) is 0 Å². The molecular formula is C20H20ClN5O2S. The number of benzene rings is 2. The summed E-state index contributed by atoms with van der Waals surface area (Å²) in [6.45, 7) is 3.93. The van der Waals surface area contributed by atoms with Gasteiger partial charge in [0.25, 0.3) is 0 Å². The predicted octanol–water partition coefficient (Wildman–Crippen LogP) is 3.91. The number of nitrogens with zero attached hydrogens (tertiary/aromatic N) is 3. The molecule has 0 radical (unpaired) electrons. The van der Waals surface area contributed by atoms with Crippen LogP contribution < -0.4 is 10.6 Å². The molecule has 0 aliphatic rings. The number of nitrogens with one attached hydrogen (secondary N) is 2. The van der Waals surface area contributed by atoms with Crippen molar-refractivity contribution in [1.29, 1.82) is 0 Å². The standard InChI is InChI=1S/C20H20ClN5O2S/c1-3-22-19(28)23-18(27)13(2)29-20-25-24-17(14-9-11-15(21)12-10-14)26(20)16-7-5-4-6-8-16/h4-13H,3H2,1-2H3,(H2,22,23,27,28). The van der Waals surface area contributed by atoms with Crippen LogP contribution in [0.3, 0.4) is 0 Å². The van der Waals surface area contributed by atoms with Crippen LogP contribution in [-0.4, -0.2) is 38.5 Å². The summed E-state index contributed by atoms with van der Waals surface area (Å²) in [4.78, 5) is 23.9. The van der Waals surface area contributed by atoms with Crippen molar-refractivity contribution in [2.45, 2.75) is 24.3 Å². The topological polar surface area (TPSA) is 88.9 Å². The Balaban J connectivity index is 1.92. The lowest BCUT2D eigenvalue weighted by atomic mass is 10.2. The molecule has 3 aromatic rings. The zero-order valence-corrected chi connectivity index (χ0v) is 17.5. The maximum absolute atomic E-state index is 12.3. The molecule has 3 amide bonds. The molecule has 0 saturated carbocycles. The summed E-state index contributed by atoms with van der Waals surface area (Å²) in [6.07, 6.45) is 0. The summed E-state index contributed by atoms with van der Waals surface area (Å²) in [5, 5.41) is 14.1. The highest BCUT2D eigenvalue weighted by atomic mass is 35.5. The molecule has 150 valence electrons. The molecule has 29 heavy (non-hydrogen) atoms. The van der Waals surface area contributed by atoms with Gasteiger partial charge in [0.15, 0.2) is 11.0 Å². The Morgan fingerprint density at radius 1 is 1.10 bits per heavy atom. The first-order chi connectivity index (χ1) is 14.0. The number of amides is 3. The van der Waals surface area contributed by atoms with Gasteiger partial charge in [0.05, 0.1) is 5.25 Å². The van der Waals surface area contributed by atoms with E-state index in [4.69, 9.17) is 11.6 Å². The van der Waals surface area contributed by atoms with Crippen molar-refractivity contribution in [2.24, 2.45) is 0 Å². The molecule has 2 N–H and O–H groups in total. The first kappa shape index (κ1) is 20.9. The number of rotatable bonds is 6. The normalized spacial score (nSPS) is 11.7. The summed E-state index contributed by atoms with van der Waals surface area (Å²) in [5.41, 5.74) is 1.71. The smallest absolute Gasteiger partial charge is 0.321 e. The zero-order valence-electron chi connectivity index (χ0n) is 15.9. The maximum Gasteiger partial charge on any atom is 0.321 e. The third-order valence-electron chi connectivity index (χ3n) is 3.98. The van der Waals surface area contributed by atoms with E-state index in [0.717, 1.165) is 11.3 Å². The molecule has 0 fully saturated rings. The third-order valence-corrected chi connectivity index (χ3v) is 5.27. The fourth-order valence-corrected chi connectivity index (χ4v) is 3.57. The predicted molar refractivity (Wildman–Crippen MR) is 114 cm³/mol. The summed E-state index contributed by atoms with van der Waals surface area (Å²) < 4.78 is 1.88. The number of hydrogen-bond acceptors (Lipinski definition) is 5. The number of carbonyl (C=O) groups excluding carboxylic acids is 2. The molecule has 0 saturated heterocycles. The molecule has 0 bridgehead atoms. The molecule has 3 rings (SSSR count). The van der Waals surface area contributed by atoms with Gasteiger partial charge in [-0.05, 0) is 50.2 Å². The molecule has 7 nitrogen and oxygen atoms in total. The van der Waals surface area contributed by atoms with E-state index >= 15 is 0 Å². The summed E-state index contributed by atoms with van der Waals surface area (Å²) in [6, 6.07) is 16.4. The van der Waals surface area contributed by atoms with Crippen LogP contribution in [0.25, 0.3) is 17.1 Å². The molecule has 1 atom stereocenters. The van der Waals surface area contributed by atoms with Crippen molar-refractivity contribution in [1.82, 2.24) is 25.4 Å². The number of halogens is 1. The molecule has 1 unspecified atom stereocenters. The van der Waals surface area contributed by atoms with E-state index in [2.05, 4.69) is 20.8 Å². The Labute approximate surface area is 177 Å². The molecule has 2 aromatic carbocycles. The highest BCUT2D eigenvalue weighted by molar-refractivity contribution is 8.00. The average Bonchev–Trinajstić information content (AvgIpc) is 3.12. The maximum atomic E-state index is 12.3. The van der Waals surface area contributed by atoms with Gasteiger partial charge in [-0.2, -0.15) is 0 Å². The Hall–Kier alpha value is -2.84. The van der Waals surface area contributed by atoms with Crippen LogP contribution in [0.4, 0.5) is 4.79 Å². The second-order valence-corrected chi connectivity index (χ2v) is 7.84. The highest BCUT2D eigenvalue weighted by Gasteiger charge is 2.22. The number of aromatic nitrogens is 3. The lowest BCUT2D eigenvalue weighted by Crippen LogP contribution is -2.42. The molecule has 0 aliphatic carbocycles. The average molecular weight is 430 g/mol. The fourth-order valence-electron chi connectivity index (χ4n) is 2.57.